The monoisotopic (exact) mass is 256 g/mol. The van der Waals surface area contributed by atoms with Crippen LogP contribution in [0.2, 0.25) is 0 Å². The fourth-order valence-electron chi connectivity index (χ4n) is 1.27. The molecule has 0 aromatic carbocycles. The van der Waals surface area contributed by atoms with Gasteiger partial charge in [-0.05, 0) is 34.5 Å². The Labute approximate surface area is 94.3 Å². The molecule has 0 saturated heterocycles. The number of aromatic nitrogens is 1. The topological polar surface area (TPSA) is 24.9 Å². The molecule has 3 heteroatoms. The third kappa shape index (κ3) is 4.09. The first kappa shape index (κ1) is 11.5. The van der Waals surface area contributed by atoms with Crippen molar-refractivity contribution in [3.05, 3.63) is 22.8 Å². The van der Waals surface area contributed by atoms with E-state index < -0.39 is 0 Å². The Morgan fingerprint density at radius 2 is 2.21 bits per heavy atom. The summed E-state index contributed by atoms with van der Waals surface area (Å²) in [6.45, 7) is 3.23. The normalized spacial score (nSPS) is 10.1. The summed E-state index contributed by atoms with van der Waals surface area (Å²) in [6, 6.07) is 3.92. The largest absolute Gasteiger partial charge is 0.369 e. The first-order valence-corrected chi connectivity index (χ1v) is 5.98. The Hall–Kier alpha value is -0.570. The van der Waals surface area contributed by atoms with Crippen LogP contribution in [-0.2, 0) is 0 Å². The Morgan fingerprint density at radius 1 is 1.36 bits per heavy atom. The summed E-state index contributed by atoms with van der Waals surface area (Å²) >= 11 is 3.45. The minimum atomic E-state index is 0.948. The standard InChI is InChI=1S/C11H17BrN2/c1-2-3-4-5-8-13-11-10(12)7-6-9-14-11/h6-7,9H,2-5,8H2,1H3,(H,13,14). The molecule has 1 aromatic rings. The minimum absolute atomic E-state index is 0.948. The van der Waals surface area contributed by atoms with Gasteiger partial charge in [-0.15, -0.1) is 0 Å². The highest BCUT2D eigenvalue weighted by Gasteiger charge is 1.97. The van der Waals surface area contributed by atoms with Crippen LogP contribution in [-0.4, -0.2) is 11.5 Å². The van der Waals surface area contributed by atoms with E-state index in [-0.39, 0.29) is 0 Å². The molecule has 0 atom stereocenters. The molecule has 0 aliphatic rings. The van der Waals surface area contributed by atoms with Gasteiger partial charge in [0.1, 0.15) is 5.82 Å². The molecule has 2 nitrogen and oxygen atoms in total. The average Bonchev–Trinajstić information content (AvgIpc) is 2.20. The van der Waals surface area contributed by atoms with Crippen molar-refractivity contribution in [3.8, 4) is 0 Å². The molecule has 0 aliphatic carbocycles. The van der Waals surface area contributed by atoms with Crippen molar-refractivity contribution < 1.29 is 0 Å². The molecular formula is C11H17BrN2. The number of unbranched alkanes of at least 4 members (excludes halogenated alkanes) is 3. The van der Waals surface area contributed by atoms with Crippen LogP contribution < -0.4 is 5.32 Å². The molecule has 0 spiro atoms. The van der Waals surface area contributed by atoms with E-state index in [1.807, 2.05) is 12.1 Å². The van der Waals surface area contributed by atoms with Gasteiger partial charge in [0.25, 0.3) is 0 Å². The smallest absolute Gasteiger partial charge is 0.140 e. The van der Waals surface area contributed by atoms with E-state index in [4.69, 9.17) is 0 Å². The van der Waals surface area contributed by atoms with Gasteiger partial charge in [-0.25, -0.2) is 4.98 Å². The van der Waals surface area contributed by atoms with Crippen LogP contribution in [0.25, 0.3) is 0 Å². The lowest BCUT2D eigenvalue weighted by molar-refractivity contribution is 0.684. The molecule has 14 heavy (non-hydrogen) atoms. The minimum Gasteiger partial charge on any atom is -0.369 e. The summed E-state index contributed by atoms with van der Waals surface area (Å²) in [6.07, 6.45) is 6.93. The van der Waals surface area contributed by atoms with Gasteiger partial charge in [-0.1, -0.05) is 26.2 Å². The van der Waals surface area contributed by atoms with Gasteiger partial charge in [0.2, 0.25) is 0 Å². The molecule has 0 fully saturated rings. The maximum atomic E-state index is 4.24. The van der Waals surface area contributed by atoms with Gasteiger partial charge in [0, 0.05) is 12.7 Å². The third-order valence-electron chi connectivity index (χ3n) is 2.08. The van der Waals surface area contributed by atoms with Gasteiger partial charge in [0.05, 0.1) is 4.47 Å². The van der Waals surface area contributed by atoms with Crippen LogP contribution >= 0.6 is 15.9 Å². The van der Waals surface area contributed by atoms with E-state index >= 15 is 0 Å². The zero-order chi connectivity index (χ0) is 10.2. The lowest BCUT2D eigenvalue weighted by Gasteiger charge is -2.06. The second-order valence-corrected chi connectivity index (χ2v) is 4.18. The Balaban J connectivity index is 2.21. The number of hydrogen-bond donors (Lipinski definition) is 1. The summed E-state index contributed by atoms with van der Waals surface area (Å²) < 4.78 is 1.04. The zero-order valence-electron chi connectivity index (χ0n) is 8.59. The molecule has 0 aliphatic heterocycles. The first-order chi connectivity index (χ1) is 6.84. The second kappa shape index (κ2) is 6.82. The Morgan fingerprint density at radius 3 is 2.93 bits per heavy atom. The summed E-state index contributed by atoms with van der Waals surface area (Å²) in [4.78, 5) is 4.24. The summed E-state index contributed by atoms with van der Waals surface area (Å²) in [5, 5.41) is 3.31. The number of nitrogens with one attached hydrogen (secondary N) is 1. The lowest BCUT2D eigenvalue weighted by Crippen LogP contribution is -2.03. The van der Waals surface area contributed by atoms with Crippen molar-refractivity contribution in [1.29, 1.82) is 0 Å². The summed E-state index contributed by atoms with van der Waals surface area (Å²) in [5.41, 5.74) is 0. The molecule has 0 amide bonds. The molecule has 1 N–H and O–H groups in total. The van der Waals surface area contributed by atoms with Crippen molar-refractivity contribution in [3.63, 3.8) is 0 Å². The van der Waals surface area contributed by atoms with Crippen LogP contribution in [0.3, 0.4) is 0 Å². The van der Waals surface area contributed by atoms with Gasteiger partial charge < -0.3 is 5.32 Å². The van der Waals surface area contributed by atoms with Gasteiger partial charge >= 0.3 is 0 Å². The van der Waals surface area contributed by atoms with E-state index in [0.717, 1.165) is 16.8 Å². The molecule has 0 bridgehead atoms. The van der Waals surface area contributed by atoms with Crippen molar-refractivity contribution in [2.45, 2.75) is 32.6 Å². The number of nitrogens with zero attached hydrogens (tertiary/aromatic N) is 1. The van der Waals surface area contributed by atoms with Crippen molar-refractivity contribution in [2.75, 3.05) is 11.9 Å². The number of rotatable bonds is 6. The number of hydrogen-bond acceptors (Lipinski definition) is 2. The van der Waals surface area contributed by atoms with Crippen LogP contribution in [0, 0.1) is 0 Å². The zero-order valence-corrected chi connectivity index (χ0v) is 10.2. The van der Waals surface area contributed by atoms with Crippen LogP contribution in [0.1, 0.15) is 32.6 Å². The molecule has 1 rings (SSSR count). The summed E-state index contributed by atoms with van der Waals surface area (Å²) in [7, 11) is 0. The summed E-state index contributed by atoms with van der Waals surface area (Å²) in [5.74, 6) is 0.948. The third-order valence-corrected chi connectivity index (χ3v) is 2.72. The predicted molar refractivity (Wildman–Crippen MR) is 64.6 cm³/mol. The van der Waals surface area contributed by atoms with E-state index in [0.29, 0.717) is 0 Å². The highest BCUT2D eigenvalue weighted by atomic mass is 79.9. The van der Waals surface area contributed by atoms with Gasteiger partial charge in [-0.2, -0.15) is 0 Å². The SMILES string of the molecule is CCCCCCNc1ncccc1Br. The average molecular weight is 257 g/mol. The van der Waals surface area contributed by atoms with E-state index in [1.165, 1.54) is 25.7 Å². The van der Waals surface area contributed by atoms with Crippen molar-refractivity contribution in [1.82, 2.24) is 4.98 Å². The maximum Gasteiger partial charge on any atom is 0.140 e. The molecule has 0 radical (unpaired) electrons. The molecule has 0 unspecified atom stereocenters. The van der Waals surface area contributed by atoms with Crippen LogP contribution in [0.15, 0.2) is 22.8 Å². The predicted octanol–water partition coefficient (Wildman–Crippen LogP) is 3.84. The Kier molecular flexibility index (Phi) is 5.60. The van der Waals surface area contributed by atoms with Crippen molar-refractivity contribution >= 4 is 21.7 Å². The fraction of sp³-hybridized carbons (Fsp3) is 0.545. The van der Waals surface area contributed by atoms with E-state index in [1.54, 1.807) is 6.20 Å². The maximum absolute atomic E-state index is 4.24. The lowest BCUT2D eigenvalue weighted by atomic mass is 10.2. The van der Waals surface area contributed by atoms with E-state index in [9.17, 15) is 0 Å². The van der Waals surface area contributed by atoms with Gasteiger partial charge in [0.15, 0.2) is 0 Å². The van der Waals surface area contributed by atoms with Gasteiger partial charge in [-0.3, -0.25) is 0 Å². The number of pyridine rings is 1. The van der Waals surface area contributed by atoms with Crippen LogP contribution in [0.5, 0.6) is 0 Å². The second-order valence-electron chi connectivity index (χ2n) is 3.32. The van der Waals surface area contributed by atoms with E-state index in [2.05, 4.69) is 33.2 Å². The van der Waals surface area contributed by atoms with Crippen LogP contribution in [0.4, 0.5) is 5.82 Å². The number of halogens is 1. The molecule has 1 aromatic heterocycles. The fourth-order valence-corrected chi connectivity index (χ4v) is 1.67. The number of anilines is 1. The first-order valence-electron chi connectivity index (χ1n) is 5.19. The molecule has 1 heterocycles. The molecular weight excluding hydrogens is 240 g/mol. The quantitative estimate of drug-likeness (QED) is 0.783. The highest BCUT2D eigenvalue weighted by molar-refractivity contribution is 9.10. The molecule has 0 saturated carbocycles. The highest BCUT2D eigenvalue weighted by Crippen LogP contribution is 2.18. The Bertz CT molecular complexity index is 263. The molecule has 78 valence electrons. The van der Waals surface area contributed by atoms with Crippen molar-refractivity contribution in [2.24, 2.45) is 0 Å².